The molecule has 0 aliphatic carbocycles. The number of hydrogen-bond acceptors (Lipinski definition) is 3. The van der Waals surface area contributed by atoms with Gasteiger partial charge in [-0.25, -0.2) is 0 Å². The van der Waals surface area contributed by atoms with Crippen LogP contribution in [0.5, 0.6) is 0 Å². The lowest BCUT2D eigenvalue weighted by atomic mass is 9.81. The number of benzene rings is 1. The Hall–Kier alpha value is -0.580. The molecule has 2 rings (SSSR count). The highest BCUT2D eigenvalue weighted by atomic mass is 79.9. The smallest absolute Gasteiger partial charge is 0.0642 e. The quantitative estimate of drug-likeness (QED) is 0.453. The molecule has 0 saturated heterocycles. The molecule has 0 N–H and O–H groups in total. The van der Waals surface area contributed by atoms with Gasteiger partial charge in [-0.3, -0.25) is 4.90 Å². The molecule has 0 radical (unpaired) electrons. The van der Waals surface area contributed by atoms with Gasteiger partial charge in [0.1, 0.15) is 0 Å². The molecule has 1 heterocycles. The van der Waals surface area contributed by atoms with Crippen molar-refractivity contribution in [2.45, 2.75) is 52.6 Å². The normalized spacial score (nSPS) is 19.1. The molecule has 0 spiro atoms. The highest BCUT2D eigenvalue weighted by molar-refractivity contribution is 9.09. The van der Waals surface area contributed by atoms with E-state index in [1.807, 2.05) is 0 Å². The Morgan fingerprint density at radius 3 is 2.54 bits per heavy atom. The van der Waals surface area contributed by atoms with Crippen molar-refractivity contribution in [3.05, 3.63) is 29.3 Å². The monoisotopic (exact) mass is 396 g/mol. The highest BCUT2D eigenvalue weighted by Gasteiger charge is 2.41. The molecule has 1 aromatic rings. The second-order valence-electron chi connectivity index (χ2n) is 7.21. The summed E-state index contributed by atoms with van der Waals surface area (Å²) in [5, 5.41) is 0.901. The first-order valence-electron chi connectivity index (χ1n) is 9.21. The number of fused-ring (bicyclic) bond motifs is 1. The maximum atomic E-state index is 5.71. The molecule has 3 nitrogen and oxygen atoms in total. The zero-order chi connectivity index (χ0) is 17.7. The minimum atomic E-state index is 0.179. The summed E-state index contributed by atoms with van der Waals surface area (Å²) in [7, 11) is 0. The van der Waals surface area contributed by atoms with Crippen molar-refractivity contribution in [1.29, 1.82) is 0 Å². The third-order valence-electron chi connectivity index (χ3n) is 5.58. The SMILES string of the molecule is CCN(CC)Cc1ccc2c(c1)N(CCOCCBr)[C@H](C)C2(C)C. The standard InChI is InChI=1S/C20H33BrN2O/c1-6-22(7-2)15-17-8-9-18-19(14-17)23(11-13-24-12-10-21)16(3)20(18,4)5/h8-9,14,16H,6-7,10-13,15H2,1-5H3/t16-/m1/s1. The van der Waals surface area contributed by atoms with Crippen molar-refractivity contribution in [3.63, 3.8) is 0 Å². The van der Waals surface area contributed by atoms with Gasteiger partial charge in [-0.05, 0) is 37.2 Å². The molecule has 0 unspecified atom stereocenters. The summed E-state index contributed by atoms with van der Waals surface area (Å²) >= 11 is 3.42. The van der Waals surface area contributed by atoms with Gasteiger partial charge in [0, 0.05) is 35.6 Å². The minimum Gasteiger partial charge on any atom is -0.379 e. The first-order chi connectivity index (χ1) is 11.5. The van der Waals surface area contributed by atoms with Crippen molar-refractivity contribution in [2.75, 3.05) is 43.1 Å². The van der Waals surface area contributed by atoms with Crippen LogP contribution in [0.1, 0.15) is 45.7 Å². The summed E-state index contributed by atoms with van der Waals surface area (Å²) in [6, 6.07) is 7.56. The van der Waals surface area contributed by atoms with Gasteiger partial charge < -0.3 is 9.64 Å². The van der Waals surface area contributed by atoms with Crippen LogP contribution in [0.2, 0.25) is 0 Å². The molecule has 24 heavy (non-hydrogen) atoms. The van der Waals surface area contributed by atoms with E-state index in [-0.39, 0.29) is 5.41 Å². The van der Waals surface area contributed by atoms with Crippen molar-refractivity contribution in [2.24, 2.45) is 0 Å². The molecule has 136 valence electrons. The van der Waals surface area contributed by atoms with Crippen LogP contribution in [0.3, 0.4) is 0 Å². The van der Waals surface area contributed by atoms with E-state index in [2.05, 4.69) is 78.5 Å². The zero-order valence-corrected chi connectivity index (χ0v) is 17.5. The van der Waals surface area contributed by atoms with E-state index in [1.165, 1.54) is 16.8 Å². The van der Waals surface area contributed by atoms with Crippen molar-refractivity contribution < 1.29 is 4.74 Å². The average molecular weight is 397 g/mol. The summed E-state index contributed by atoms with van der Waals surface area (Å²) in [6.07, 6.45) is 0. The summed E-state index contributed by atoms with van der Waals surface area (Å²) in [6.45, 7) is 17.3. The Bertz CT molecular complexity index is 528. The number of halogens is 1. The lowest BCUT2D eigenvalue weighted by molar-refractivity contribution is 0.155. The second kappa shape index (κ2) is 8.68. The minimum absolute atomic E-state index is 0.179. The number of rotatable bonds is 9. The van der Waals surface area contributed by atoms with Gasteiger partial charge in [0.2, 0.25) is 0 Å². The van der Waals surface area contributed by atoms with E-state index < -0.39 is 0 Å². The van der Waals surface area contributed by atoms with Crippen LogP contribution in [0.4, 0.5) is 5.69 Å². The van der Waals surface area contributed by atoms with Crippen LogP contribution in [0.25, 0.3) is 0 Å². The zero-order valence-electron chi connectivity index (χ0n) is 15.9. The predicted octanol–water partition coefficient (Wildman–Crippen LogP) is 4.43. The Balaban J connectivity index is 2.21. The number of hydrogen-bond donors (Lipinski definition) is 0. The van der Waals surface area contributed by atoms with E-state index in [9.17, 15) is 0 Å². The average Bonchev–Trinajstić information content (AvgIpc) is 2.76. The van der Waals surface area contributed by atoms with Crippen molar-refractivity contribution >= 4 is 21.6 Å². The molecule has 0 bridgehead atoms. The topological polar surface area (TPSA) is 15.7 Å². The Kier molecular flexibility index (Phi) is 7.14. The first-order valence-corrected chi connectivity index (χ1v) is 10.3. The predicted molar refractivity (Wildman–Crippen MR) is 108 cm³/mol. The van der Waals surface area contributed by atoms with Gasteiger partial charge in [-0.2, -0.15) is 0 Å². The van der Waals surface area contributed by atoms with Crippen LogP contribution in [0.15, 0.2) is 18.2 Å². The summed E-state index contributed by atoms with van der Waals surface area (Å²) in [4.78, 5) is 5.00. The van der Waals surface area contributed by atoms with Gasteiger partial charge in [0.25, 0.3) is 0 Å². The second-order valence-corrected chi connectivity index (χ2v) is 8.00. The molecule has 1 aliphatic heterocycles. The largest absolute Gasteiger partial charge is 0.379 e. The lowest BCUT2D eigenvalue weighted by Crippen LogP contribution is -2.40. The van der Waals surface area contributed by atoms with Crippen LogP contribution < -0.4 is 4.90 Å². The van der Waals surface area contributed by atoms with Crippen LogP contribution >= 0.6 is 15.9 Å². The fourth-order valence-corrected chi connectivity index (χ4v) is 3.85. The first kappa shape index (κ1) is 19.7. The Labute approximate surface area is 156 Å². The van der Waals surface area contributed by atoms with Crippen LogP contribution in [0, 0.1) is 0 Å². The summed E-state index contributed by atoms with van der Waals surface area (Å²) in [5.41, 5.74) is 4.46. The molecule has 1 atom stereocenters. The third-order valence-corrected chi connectivity index (χ3v) is 5.90. The van der Waals surface area contributed by atoms with Gasteiger partial charge in [-0.1, -0.05) is 55.8 Å². The Morgan fingerprint density at radius 2 is 1.92 bits per heavy atom. The van der Waals surface area contributed by atoms with Crippen LogP contribution in [-0.4, -0.2) is 49.1 Å². The molecule has 1 aromatic carbocycles. The van der Waals surface area contributed by atoms with Crippen molar-refractivity contribution in [3.8, 4) is 0 Å². The molecule has 1 aliphatic rings. The van der Waals surface area contributed by atoms with E-state index in [4.69, 9.17) is 4.74 Å². The van der Waals surface area contributed by atoms with E-state index >= 15 is 0 Å². The summed E-state index contributed by atoms with van der Waals surface area (Å²) in [5.74, 6) is 0. The molecule has 0 amide bonds. The highest BCUT2D eigenvalue weighted by Crippen LogP contribution is 2.45. The maximum absolute atomic E-state index is 5.71. The van der Waals surface area contributed by atoms with Gasteiger partial charge in [0.05, 0.1) is 13.2 Å². The fourth-order valence-electron chi connectivity index (χ4n) is 3.62. The molecule has 0 saturated carbocycles. The maximum Gasteiger partial charge on any atom is 0.0642 e. The molecule has 4 heteroatoms. The van der Waals surface area contributed by atoms with Crippen molar-refractivity contribution in [1.82, 2.24) is 4.90 Å². The molecular formula is C20H33BrN2O. The van der Waals surface area contributed by atoms with Crippen LogP contribution in [-0.2, 0) is 16.7 Å². The number of alkyl halides is 1. The Morgan fingerprint density at radius 1 is 1.21 bits per heavy atom. The van der Waals surface area contributed by atoms with Gasteiger partial charge in [-0.15, -0.1) is 0 Å². The molecule has 0 aromatic heterocycles. The summed E-state index contributed by atoms with van der Waals surface area (Å²) < 4.78 is 5.71. The lowest BCUT2D eigenvalue weighted by Gasteiger charge is -2.31. The van der Waals surface area contributed by atoms with E-state index in [0.29, 0.717) is 6.04 Å². The van der Waals surface area contributed by atoms with E-state index in [0.717, 1.165) is 44.7 Å². The molecule has 0 fully saturated rings. The number of nitrogens with zero attached hydrogens (tertiary/aromatic N) is 2. The van der Waals surface area contributed by atoms with Gasteiger partial charge >= 0.3 is 0 Å². The van der Waals surface area contributed by atoms with Gasteiger partial charge in [0.15, 0.2) is 0 Å². The third kappa shape index (κ3) is 4.14. The fraction of sp³-hybridized carbons (Fsp3) is 0.700. The molecular weight excluding hydrogens is 364 g/mol. The number of anilines is 1. The number of ether oxygens (including phenoxy) is 1. The van der Waals surface area contributed by atoms with E-state index in [1.54, 1.807) is 0 Å².